The Morgan fingerprint density at radius 1 is 1.20 bits per heavy atom. The number of aryl methyl sites for hydroxylation is 1. The summed E-state index contributed by atoms with van der Waals surface area (Å²) in [5.41, 5.74) is 2.23. The predicted octanol–water partition coefficient (Wildman–Crippen LogP) is 3.24. The van der Waals surface area contributed by atoms with E-state index in [-0.39, 0.29) is 0 Å². The van der Waals surface area contributed by atoms with Gasteiger partial charge in [0.1, 0.15) is 0 Å². The molecule has 2 heterocycles. The first kappa shape index (κ1) is 13.3. The molecule has 0 bridgehead atoms. The van der Waals surface area contributed by atoms with Crippen LogP contribution in [0.25, 0.3) is 11.5 Å². The lowest BCUT2D eigenvalue weighted by Gasteiger charge is -2.19. The van der Waals surface area contributed by atoms with Gasteiger partial charge in [0.15, 0.2) is 0 Å². The molecule has 1 aromatic heterocycles. The first-order chi connectivity index (χ1) is 9.63. The first-order valence-electron chi connectivity index (χ1n) is 7.28. The van der Waals surface area contributed by atoms with Gasteiger partial charge in [0.05, 0.1) is 5.92 Å². The summed E-state index contributed by atoms with van der Waals surface area (Å²) in [7, 11) is 0. The van der Waals surface area contributed by atoms with Gasteiger partial charge in [0, 0.05) is 18.2 Å². The second kappa shape index (κ2) is 5.37. The fourth-order valence-electron chi connectivity index (χ4n) is 2.67. The van der Waals surface area contributed by atoms with E-state index in [2.05, 4.69) is 48.0 Å². The van der Waals surface area contributed by atoms with Crippen LogP contribution in [-0.2, 0) is 0 Å². The van der Waals surface area contributed by atoms with E-state index in [0.29, 0.717) is 17.9 Å². The minimum absolute atomic E-state index is 0.379. The molecule has 2 aromatic rings. The summed E-state index contributed by atoms with van der Waals surface area (Å²) in [5.74, 6) is 1.79. The van der Waals surface area contributed by atoms with Gasteiger partial charge >= 0.3 is 0 Å². The highest BCUT2D eigenvalue weighted by Gasteiger charge is 2.29. The molecule has 0 aliphatic carbocycles. The van der Waals surface area contributed by atoms with E-state index in [1.807, 2.05) is 12.1 Å². The zero-order valence-corrected chi connectivity index (χ0v) is 12.3. The molecule has 3 rings (SSSR count). The topological polar surface area (TPSA) is 42.2 Å². The Morgan fingerprint density at radius 3 is 2.60 bits per heavy atom. The van der Waals surface area contributed by atoms with Gasteiger partial charge in [-0.15, -0.1) is 10.2 Å². The molecule has 0 amide bonds. The normalized spacial score (nSPS) is 19.9. The number of likely N-dealkylation sites (tertiary alicyclic amines) is 1. The third-order valence-electron chi connectivity index (χ3n) is 4.04. The molecule has 1 atom stereocenters. The Balaban J connectivity index is 1.76. The Bertz CT molecular complexity index is 574. The molecule has 0 N–H and O–H groups in total. The molecule has 20 heavy (non-hydrogen) atoms. The summed E-state index contributed by atoms with van der Waals surface area (Å²) in [6.07, 6.45) is 1.10. The monoisotopic (exact) mass is 271 g/mol. The van der Waals surface area contributed by atoms with Crippen molar-refractivity contribution in [2.45, 2.75) is 39.2 Å². The Hall–Kier alpha value is -1.68. The molecule has 0 saturated carbocycles. The number of hydrogen-bond acceptors (Lipinski definition) is 4. The molecular weight excluding hydrogens is 250 g/mol. The van der Waals surface area contributed by atoms with Crippen LogP contribution in [0, 0.1) is 6.92 Å². The molecule has 1 saturated heterocycles. The van der Waals surface area contributed by atoms with Gasteiger partial charge in [-0.2, -0.15) is 0 Å². The van der Waals surface area contributed by atoms with Crippen LogP contribution in [-0.4, -0.2) is 34.2 Å². The van der Waals surface area contributed by atoms with Gasteiger partial charge in [-0.05, 0) is 45.9 Å². The maximum Gasteiger partial charge on any atom is 0.247 e. The highest BCUT2D eigenvalue weighted by atomic mass is 16.4. The number of nitrogens with zero attached hydrogens (tertiary/aromatic N) is 3. The third kappa shape index (κ3) is 2.61. The van der Waals surface area contributed by atoms with Crippen molar-refractivity contribution in [1.29, 1.82) is 0 Å². The quantitative estimate of drug-likeness (QED) is 0.859. The summed E-state index contributed by atoms with van der Waals surface area (Å²) in [6, 6.07) is 8.77. The fraction of sp³-hybridized carbons (Fsp3) is 0.500. The smallest absolute Gasteiger partial charge is 0.247 e. The zero-order valence-electron chi connectivity index (χ0n) is 12.3. The van der Waals surface area contributed by atoms with Gasteiger partial charge in [0.2, 0.25) is 11.8 Å². The molecule has 4 heteroatoms. The van der Waals surface area contributed by atoms with E-state index >= 15 is 0 Å². The minimum Gasteiger partial charge on any atom is -0.420 e. The van der Waals surface area contributed by atoms with E-state index in [1.54, 1.807) is 0 Å². The number of rotatable bonds is 3. The van der Waals surface area contributed by atoms with Gasteiger partial charge in [-0.25, -0.2) is 0 Å². The van der Waals surface area contributed by atoms with Crippen LogP contribution in [0.5, 0.6) is 0 Å². The molecule has 1 aromatic carbocycles. The zero-order chi connectivity index (χ0) is 14.1. The average Bonchev–Trinajstić information content (AvgIpc) is 3.08. The van der Waals surface area contributed by atoms with E-state index < -0.39 is 0 Å². The lowest BCUT2D eigenvalue weighted by atomic mass is 10.1. The minimum atomic E-state index is 0.379. The van der Waals surface area contributed by atoms with Crippen LogP contribution in [0.4, 0.5) is 0 Å². The first-order valence-corrected chi connectivity index (χ1v) is 7.28. The van der Waals surface area contributed by atoms with Gasteiger partial charge in [-0.3, -0.25) is 0 Å². The Labute approximate surface area is 119 Å². The third-order valence-corrected chi connectivity index (χ3v) is 4.04. The Morgan fingerprint density at radius 2 is 1.95 bits per heavy atom. The SMILES string of the molecule is Cc1ccc(-c2nnc(C3CCN(C(C)C)C3)o2)cc1. The maximum absolute atomic E-state index is 5.87. The highest BCUT2D eigenvalue weighted by molar-refractivity contribution is 5.52. The largest absolute Gasteiger partial charge is 0.420 e. The van der Waals surface area contributed by atoms with Crippen LogP contribution >= 0.6 is 0 Å². The molecule has 0 spiro atoms. The van der Waals surface area contributed by atoms with Crippen molar-refractivity contribution in [1.82, 2.24) is 15.1 Å². The van der Waals surface area contributed by atoms with Gasteiger partial charge < -0.3 is 9.32 Å². The van der Waals surface area contributed by atoms with Crippen molar-refractivity contribution in [3.05, 3.63) is 35.7 Å². The summed E-state index contributed by atoms with van der Waals surface area (Å²) in [4.78, 5) is 2.46. The molecule has 1 fully saturated rings. The van der Waals surface area contributed by atoms with Crippen LogP contribution < -0.4 is 0 Å². The number of aromatic nitrogens is 2. The summed E-state index contributed by atoms with van der Waals surface area (Å²) < 4.78 is 5.87. The molecule has 1 aliphatic rings. The second-order valence-electron chi connectivity index (χ2n) is 5.89. The highest BCUT2D eigenvalue weighted by Crippen LogP contribution is 2.29. The predicted molar refractivity (Wildman–Crippen MR) is 78.5 cm³/mol. The van der Waals surface area contributed by atoms with E-state index in [4.69, 9.17) is 4.42 Å². The molecule has 1 unspecified atom stereocenters. The van der Waals surface area contributed by atoms with Crippen molar-refractivity contribution in [2.75, 3.05) is 13.1 Å². The van der Waals surface area contributed by atoms with E-state index in [9.17, 15) is 0 Å². The summed E-state index contributed by atoms with van der Waals surface area (Å²) >= 11 is 0. The van der Waals surface area contributed by atoms with Crippen molar-refractivity contribution in [3.8, 4) is 11.5 Å². The summed E-state index contributed by atoms with van der Waals surface area (Å²) in [5, 5.41) is 8.44. The Kier molecular flexibility index (Phi) is 3.57. The van der Waals surface area contributed by atoms with E-state index in [1.165, 1.54) is 5.56 Å². The van der Waals surface area contributed by atoms with E-state index in [0.717, 1.165) is 31.0 Å². The van der Waals surface area contributed by atoms with Crippen molar-refractivity contribution in [2.24, 2.45) is 0 Å². The van der Waals surface area contributed by atoms with Crippen molar-refractivity contribution in [3.63, 3.8) is 0 Å². The molecule has 0 radical (unpaired) electrons. The van der Waals surface area contributed by atoms with Gasteiger partial charge in [-0.1, -0.05) is 17.7 Å². The van der Waals surface area contributed by atoms with Crippen LogP contribution in [0.1, 0.15) is 37.6 Å². The second-order valence-corrected chi connectivity index (χ2v) is 5.89. The number of hydrogen-bond donors (Lipinski definition) is 0. The van der Waals surface area contributed by atoms with Crippen LogP contribution in [0.2, 0.25) is 0 Å². The lowest BCUT2D eigenvalue weighted by Crippen LogP contribution is -2.27. The van der Waals surface area contributed by atoms with Crippen LogP contribution in [0.15, 0.2) is 28.7 Å². The lowest BCUT2D eigenvalue weighted by molar-refractivity contribution is 0.269. The summed E-state index contributed by atoms with van der Waals surface area (Å²) in [6.45, 7) is 8.67. The van der Waals surface area contributed by atoms with Crippen LogP contribution in [0.3, 0.4) is 0 Å². The van der Waals surface area contributed by atoms with Gasteiger partial charge in [0.25, 0.3) is 0 Å². The average molecular weight is 271 g/mol. The molecule has 4 nitrogen and oxygen atoms in total. The standard InChI is InChI=1S/C16H21N3O/c1-11(2)19-9-8-14(10-19)16-18-17-15(20-16)13-6-4-12(3)5-7-13/h4-7,11,14H,8-10H2,1-3H3. The maximum atomic E-state index is 5.87. The molecule has 106 valence electrons. The molecule has 1 aliphatic heterocycles. The fourth-order valence-corrected chi connectivity index (χ4v) is 2.67. The molecular formula is C16H21N3O. The van der Waals surface area contributed by atoms with Crippen molar-refractivity contribution >= 4 is 0 Å². The number of benzene rings is 1. The van der Waals surface area contributed by atoms with Crippen molar-refractivity contribution < 1.29 is 4.42 Å².